The van der Waals surface area contributed by atoms with E-state index in [1.54, 1.807) is 18.5 Å². The van der Waals surface area contributed by atoms with E-state index in [-0.39, 0.29) is 29.4 Å². The first kappa shape index (κ1) is 31.1. The van der Waals surface area contributed by atoms with Gasteiger partial charge in [0.15, 0.2) is 0 Å². The number of fused-ring (bicyclic) bond motifs is 1. The van der Waals surface area contributed by atoms with Crippen molar-refractivity contribution < 1.29 is 17.0 Å². The molecule has 0 saturated carbocycles. The predicted octanol–water partition coefficient (Wildman–Crippen LogP) is 6.78. The van der Waals surface area contributed by atoms with Gasteiger partial charge in [0.2, 0.25) is 0 Å². The second kappa shape index (κ2) is 12.6. The summed E-state index contributed by atoms with van der Waals surface area (Å²) >= 11 is -2.63. The molecule has 40 heavy (non-hydrogen) atoms. The van der Waals surface area contributed by atoms with Gasteiger partial charge in [-0.05, 0) is 12.1 Å². The minimum absolute atomic E-state index is 0.0799. The van der Waals surface area contributed by atoms with E-state index in [0.29, 0.717) is 35.6 Å². The fourth-order valence-electron chi connectivity index (χ4n) is 4.94. The van der Waals surface area contributed by atoms with Gasteiger partial charge >= 0.3 is 215 Å². The van der Waals surface area contributed by atoms with Crippen LogP contribution in [0.2, 0.25) is 31.4 Å². The molecule has 1 amide bonds. The van der Waals surface area contributed by atoms with Crippen LogP contribution >= 0.6 is 0 Å². The fourth-order valence-corrected chi connectivity index (χ4v) is 13.8. The van der Waals surface area contributed by atoms with Crippen LogP contribution in [0.15, 0.2) is 43.0 Å². The zero-order valence-electron chi connectivity index (χ0n) is 25.2. The van der Waals surface area contributed by atoms with E-state index in [1.807, 2.05) is 22.8 Å². The van der Waals surface area contributed by atoms with Crippen LogP contribution in [0.3, 0.4) is 0 Å². The van der Waals surface area contributed by atoms with Crippen molar-refractivity contribution in [3.8, 4) is 0 Å². The summed E-state index contributed by atoms with van der Waals surface area (Å²) in [5, 5.41) is 2.97. The topological polar surface area (TPSA) is 100 Å². The zero-order valence-corrected chi connectivity index (χ0v) is 29.1. The van der Waals surface area contributed by atoms with Crippen molar-refractivity contribution in [1.82, 2.24) is 19.5 Å². The molecule has 1 aromatic carbocycles. The number of carbonyl (C=O) groups excluding carboxylic acids is 1. The van der Waals surface area contributed by atoms with E-state index < -0.39 is 27.1 Å². The van der Waals surface area contributed by atoms with Crippen LogP contribution in [0.4, 0.5) is 5.82 Å². The number of aromatic nitrogens is 4. The molecule has 1 fully saturated rings. The van der Waals surface area contributed by atoms with Gasteiger partial charge in [0, 0.05) is 0 Å². The quantitative estimate of drug-likeness (QED) is 0.224. The van der Waals surface area contributed by atoms with Gasteiger partial charge in [0.1, 0.15) is 0 Å². The van der Waals surface area contributed by atoms with Crippen molar-refractivity contribution >= 4 is 50.0 Å². The van der Waals surface area contributed by atoms with Crippen molar-refractivity contribution in [2.45, 2.75) is 97.8 Å². The van der Waals surface area contributed by atoms with Crippen LogP contribution in [0, 0.1) is 0 Å². The third-order valence-corrected chi connectivity index (χ3v) is 26.6. The van der Waals surface area contributed by atoms with Crippen LogP contribution in [-0.4, -0.2) is 71.3 Å². The summed E-state index contributed by atoms with van der Waals surface area (Å²) in [7, 11) is -2.06. The third kappa shape index (κ3) is 6.61. The molecule has 0 spiro atoms. The summed E-state index contributed by atoms with van der Waals surface area (Å²) in [4.78, 5) is 26.2. The van der Waals surface area contributed by atoms with Gasteiger partial charge in [-0.25, -0.2) is 0 Å². The Morgan fingerprint density at radius 2 is 1.77 bits per heavy atom. The Balaban J connectivity index is 1.60. The van der Waals surface area contributed by atoms with E-state index >= 15 is 0 Å². The number of amides is 1. The number of ether oxygens (including phenoxy) is 1. The molecule has 0 aliphatic carbocycles. The molecule has 0 bridgehead atoms. The molecule has 3 aromatic rings. The van der Waals surface area contributed by atoms with E-state index in [1.165, 1.54) is 6.33 Å². The van der Waals surface area contributed by atoms with E-state index in [0.717, 1.165) is 13.3 Å². The number of nitrogens with one attached hydrogen (secondary N) is 1. The standard InChI is InChI=1S/C23H30N5O4Si.3C2H5.Sn/c1-23(2,3)33(4,5)32-16-11-18(31-17(16)12-29)28-14-26-19-20(24-13-25-21(19)28)27-22(30)15-9-7-6-8-10-15;3*1-2;/h6-10,13-14,16-18H,11-12H2,1-5H3,(H,24,25,27,30);3*1H2,2H3;/q-1;;;;+1/t16-,17+,18+;;;;/m0..../s1. The fraction of sp³-hybridized carbons (Fsp3) is 0.586. The number of hydrogen-bond acceptors (Lipinski definition) is 7. The van der Waals surface area contributed by atoms with Crippen LogP contribution in [0.25, 0.3) is 11.2 Å². The van der Waals surface area contributed by atoms with Crippen LogP contribution in [-0.2, 0) is 12.2 Å². The van der Waals surface area contributed by atoms with Gasteiger partial charge in [0.25, 0.3) is 0 Å². The van der Waals surface area contributed by atoms with Gasteiger partial charge in [-0.15, -0.1) is 0 Å². The molecular formula is C29H45N5O4SiSn. The molecule has 4 rings (SSSR count). The Morgan fingerprint density at radius 3 is 2.40 bits per heavy atom. The van der Waals surface area contributed by atoms with Crippen LogP contribution in [0.5, 0.6) is 0 Å². The molecule has 3 atom stereocenters. The summed E-state index contributed by atoms with van der Waals surface area (Å²) in [6.07, 6.45) is 3.29. The third-order valence-electron chi connectivity index (χ3n) is 8.86. The second-order valence-corrected chi connectivity index (χ2v) is 30.6. The first-order valence-electron chi connectivity index (χ1n) is 14.4. The predicted molar refractivity (Wildman–Crippen MR) is 163 cm³/mol. The molecule has 218 valence electrons. The van der Waals surface area contributed by atoms with Crippen molar-refractivity contribution in [1.29, 1.82) is 0 Å². The first-order chi connectivity index (χ1) is 18.9. The summed E-state index contributed by atoms with van der Waals surface area (Å²) in [5.74, 6) is 0.127. The molecule has 1 N–H and O–H groups in total. The first-order valence-corrected chi connectivity index (χ1v) is 24.6. The van der Waals surface area contributed by atoms with Gasteiger partial charge in [-0.3, -0.25) is 0 Å². The van der Waals surface area contributed by atoms with Gasteiger partial charge in [-0.2, -0.15) is 0 Å². The normalized spacial score (nSPS) is 20.2. The SMILES string of the molecule is C[CH2][Sn]([CH2]C)([CH2]C)[O]C[C@H]1O[C@@H](n2cnc3c(NC(=O)c4ccccc4)ncnc32)C[C@@H]1O[Si](C)(C)C(C)(C)C. The van der Waals surface area contributed by atoms with Crippen molar-refractivity contribution in [3.63, 3.8) is 0 Å². The minimum atomic E-state index is -2.63. The summed E-state index contributed by atoms with van der Waals surface area (Å²) < 4.78 is 25.8. The molecular weight excluding hydrogens is 629 g/mol. The molecule has 11 heteroatoms. The second-order valence-electron chi connectivity index (χ2n) is 12.2. The number of imidazole rings is 1. The Labute approximate surface area is 244 Å². The molecule has 9 nitrogen and oxygen atoms in total. The Hall–Kier alpha value is -1.86. The molecule has 0 radical (unpaired) electrons. The van der Waals surface area contributed by atoms with Crippen LogP contribution < -0.4 is 5.32 Å². The summed E-state index contributed by atoms with van der Waals surface area (Å²) in [5.41, 5.74) is 1.68. The van der Waals surface area contributed by atoms with Gasteiger partial charge in [0.05, 0.1) is 0 Å². The van der Waals surface area contributed by atoms with Gasteiger partial charge < -0.3 is 0 Å². The number of benzene rings is 1. The Kier molecular flexibility index (Phi) is 9.76. The van der Waals surface area contributed by atoms with Crippen molar-refractivity contribution in [2.75, 3.05) is 11.9 Å². The summed E-state index contributed by atoms with van der Waals surface area (Å²) in [6, 6.07) is 9.05. The summed E-state index contributed by atoms with van der Waals surface area (Å²) in [6.45, 7) is 18.7. The average molecular weight is 675 g/mol. The molecule has 1 aliphatic heterocycles. The van der Waals surface area contributed by atoms with E-state index in [4.69, 9.17) is 12.2 Å². The maximum absolute atomic E-state index is 12.8. The number of hydrogen-bond donors (Lipinski definition) is 1. The molecule has 1 aliphatic rings. The van der Waals surface area contributed by atoms with Crippen molar-refractivity contribution in [2.24, 2.45) is 0 Å². The molecule has 0 unspecified atom stereocenters. The number of anilines is 1. The molecule has 2 aromatic heterocycles. The monoisotopic (exact) mass is 675 g/mol. The molecule has 1 saturated heterocycles. The Bertz CT molecular complexity index is 1280. The van der Waals surface area contributed by atoms with E-state index in [9.17, 15) is 4.79 Å². The number of nitrogens with zero attached hydrogens (tertiary/aromatic N) is 4. The zero-order chi connectivity index (χ0) is 29.1. The van der Waals surface area contributed by atoms with Crippen molar-refractivity contribution in [3.05, 3.63) is 48.5 Å². The maximum atomic E-state index is 12.8. The average Bonchev–Trinajstić information content (AvgIpc) is 3.54. The van der Waals surface area contributed by atoms with E-state index in [2.05, 4.69) is 74.9 Å². The molecule has 3 heterocycles. The van der Waals surface area contributed by atoms with Gasteiger partial charge in [-0.1, -0.05) is 18.2 Å². The Morgan fingerprint density at radius 1 is 1.10 bits per heavy atom. The number of rotatable bonds is 11. The number of carbonyl (C=O) groups is 1. The van der Waals surface area contributed by atoms with Crippen LogP contribution in [0.1, 0.15) is 64.5 Å².